The third-order valence-electron chi connectivity index (χ3n) is 9.34. The highest BCUT2D eigenvalue weighted by Gasteiger charge is 2.73. The normalized spacial score (nSPS) is 48.3. The SMILES string of the molecule is C[C@@H]1C[C@H]2[C@@H]3C[C@H](F)C4=CC(=O)C=C[C@]4(C)[C@@]3(F)[C@@H](O)C[C@]2(C)[C@H]1C(=S)OOC(=O)C1CC1. The van der Waals surface area contributed by atoms with Crippen molar-refractivity contribution in [1.29, 1.82) is 0 Å². The lowest BCUT2D eigenvalue weighted by Crippen LogP contribution is -2.68. The summed E-state index contributed by atoms with van der Waals surface area (Å²) in [5.41, 5.74) is -4.04. The number of hydrogen-bond donors (Lipinski definition) is 1. The number of hydrogen-bond acceptors (Lipinski definition) is 6. The van der Waals surface area contributed by atoms with Crippen molar-refractivity contribution < 1.29 is 33.3 Å². The van der Waals surface area contributed by atoms with Gasteiger partial charge in [0, 0.05) is 17.3 Å². The second kappa shape index (κ2) is 7.41. The zero-order valence-corrected chi connectivity index (χ0v) is 19.9. The Hall–Kier alpha value is -1.67. The molecule has 33 heavy (non-hydrogen) atoms. The van der Waals surface area contributed by atoms with Gasteiger partial charge in [-0.2, -0.15) is 0 Å². The molecular formula is C25H30F2O5S. The van der Waals surface area contributed by atoms with Crippen LogP contribution < -0.4 is 0 Å². The number of rotatable bonds is 2. The van der Waals surface area contributed by atoms with Gasteiger partial charge in [0.1, 0.15) is 6.17 Å². The van der Waals surface area contributed by atoms with E-state index in [4.69, 9.17) is 22.0 Å². The second-order valence-corrected chi connectivity index (χ2v) is 11.6. The van der Waals surface area contributed by atoms with E-state index in [9.17, 15) is 14.7 Å². The molecule has 0 heterocycles. The van der Waals surface area contributed by atoms with Crippen LogP contribution >= 0.6 is 12.2 Å². The van der Waals surface area contributed by atoms with Gasteiger partial charge in [0.2, 0.25) is 5.05 Å². The number of aliphatic hydroxyl groups is 1. The van der Waals surface area contributed by atoms with E-state index in [0.717, 1.165) is 12.8 Å². The van der Waals surface area contributed by atoms with Gasteiger partial charge in [-0.1, -0.05) is 19.9 Å². The summed E-state index contributed by atoms with van der Waals surface area (Å²) < 4.78 is 32.5. The predicted molar refractivity (Wildman–Crippen MR) is 119 cm³/mol. The number of fused-ring (bicyclic) bond motifs is 5. The lowest BCUT2D eigenvalue weighted by molar-refractivity contribution is -0.228. The van der Waals surface area contributed by atoms with Crippen molar-refractivity contribution >= 4 is 29.0 Å². The Morgan fingerprint density at radius 2 is 1.91 bits per heavy atom. The van der Waals surface area contributed by atoms with Crippen LogP contribution in [0.25, 0.3) is 0 Å². The first kappa shape index (κ1) is 23.1. The number of aliphatic hydroxyl groups excluding tert-OH is 1. The maximum Gasteiger partial charge on any atom is 0.358 e. The molecule has 4 saturated carbocycles. The molecule has 5 aliphatic carbocycles. The first-order valence-electron chi connectivity index (χ1n) is 11.8. The van der Waals surface area contributed by atoms with Crippen molar-refractivity contribution in [3.8, 4) is 0 Å². The Kier molecular flexibility index (Phi) is 5.19. The van der Waals surface area contributed by atoms with Crippen LogP contribution in [0.2, 0.25) is 0 Å². The predicted octanol–water partition coefficient (Wildman–Crippen LogP) is 4.38. The molecular weight excluding hydrogens is 450 g/mol. The summed E-state index contributed by atoms with van der Waals surface area (Å²) in [4.78, 5) is 34.1. The second-order valence-electron chi connectivity index (χ2n) is 11.2. The van der Waals surface area contributed by atoms with Crippen LogP contribution in [0.5, 0.6) is 0 Å². The van der Waals surface area contributed by atoms with Crippen molar-refractivity contribution in [2.75, 3.05) is 0 Å². The molecule has 0 bridgehead atoms. The number of ketones is 1. The first-order valence-corrected chi connectivity index (χ1v) is 12.2. The summed E-state index contributed by atoms with van der Waals surface area (Å²) in [7, 11) is 0. The zero-order valence-electron chi connectivity index (χ0n) is 19.1. The Balaban J connectivity index is 1.47. The van der Waals surface area contributed by atoms with Gasteiger partial charge >= 0.3 is 5.97 Å². The molecule has 180 valence electrons. The molecule has 8 heteroatoms. The minimum Gasteiger partial charge on any atom is -0.390 e. The van der Waals surface area contributed by atoms with Crippen LogP contribution in [-0.4, -0.2) is 39.9 Å². The molecule has 1 N–H and O–H groups in total. The summed E-state index contributed by atoms with van der Waals surface area (Å²) in [5.74, 6) is -2.32. The maximum absolute atomic E-state index is 17.1. The number of carbonyl (C=O) groups is 2. The Bertz CT molecular complexity index is 976. The fourth-order valence-corrected chi connectivity index (χ4v) is 8.13. The van der Waals surface area contributed by atoms with Gasteiger partial charge < -0.3 is 5.11 Å². The highest BCUT2D eigenvalue weighted by atomic mass is 32.1. The van der Waals surface area contributed by atoms with Gasteiger partial charge in [0.05, 0.1) is 12.0 Å². The van der Waals surface area contributed by atoms with Gasteiger partial charge in [-0.05, 0) is 86.2 Å². The molecule has 0 amide bonds. The third kappa shape index (κ3) is 3.12. The average molecular weight is 481 g/mol. The molecule has 0 aliphatic heterocycles. The molecule has 0 aromatic heterocycles. The van der Waals surface area contributed by atoms with Crippen molar-refractivity contribution in [2.45, 2.75) is 70.8 Å². The smallest absolute Gasteiger partial charge is 0.358 e. The fourth-order valence-electron chi connectivity index (χ4n) is 7.59. The van der Waals surface area contributed by atoms with Crippen molar-refractivity contribution in [1.82, 2.24) is 0 Å². The third-order valence-corrected chi connectivity index (χ3v) is 9.66. The highest BCUT2D eigenvalue weighted by molar-refractivity contribution is 7.80. The molecule has 9 atom stereocenters. The first-order chi connectivity index (χ1) is 15.4. The van der Waals surface area contributed by atoms with Gasteiger partial charge in [0.15, 0.2) is 11.5 Å². The van der Waals surface area contributed by atoms with Crippen LogP contribution in [0.1, 0.15) is 52.9 Å². The van der Waals surface area contributed by atoms with Crippen molar-refractivity contribution in [3.63, 3.8) is 0 Å². The molecule has 5 aliphatic rings. The number of carbonyl (C=O) groups excluding carboxylic acids is 2. The Morgan fingerprint density at radius 3 is 2.58 bits per heavy atom. The van der Waals surface area contributed by atoms with Crippen LogP contribution in [0.3, 0.4) is 0 Å². The largest absolute Gasteiger partial charge is 0.390 e. The van der Waals surface area contributed by atoms with E-state index in [0.29, 0.717) is 6.42 Å². The highest BCUT2D eigenvalue weighted by Crippen LogP contribution is 2.70. The molecule has 0 aromatic carbocycles. The van der Waals surface area contributed by atoms with E-state index in [2.05, 4.69) is 0 Å². The molecule has 0 unspecified atom stereocenters. The van der Waals surface area contributed by atoms with E-state index >= 15 is 8.78 Å². The molecule has 0 saturated heterocycles. The molecule has 5 nitrogen and oxygen atoms in total. The van der Waals surface area contributed by atoms with Crippen LogP contribution in [0.4, 0.5) is 8.78 Å². The van der Waals surface area contributed by atoms with E-state index in [-0.39, 0.29) is 52.9 Å². The maximum atomic E-state index is 17.1. The Morgan fingerprint density at radius 1 is 1.21 bits per heavy atom. The molecule has 4 fully saturated rings. The monoisotopic (exact) mass is 480 g/mol. The van der Waals surface area contributed by atoms with E-state index in [1.54, 1.807) is 6.92 Å². The van der Waals surface area contributed by atoms with Gasteiger partial charge in [-0.3, -0.25) is 9.68 Å². The Labute approximate surface area is 197 Å². The summed E-state index contributed by atoms with van der Waals surface area (Å²) in [6.45, 7) is 5.53. The summed E-state index contributed by atoms with van der Waals surface area (Å²) in [5, 5.41) is 11.4. The summed E-state index contributed by atoms with van der Waals surface area (Å²) in [6.07, 6.45) is 3.22. The number of halogens is 2. The number of thiocarbonyl (C=S) groups is 1. The molecule has 0 spiro atoms. The van der Waals surface area contributed by atoms with Gasteiger partial charge in [-0.25, -0.2) is 18.5 Å². The lowest BCUT2D eigenvalue weighted by atomic mass is 9.45. The van der Waals surface area contributed by atoms with Gasteiger partial charge in [-0.15, -0.1) is 0 Å². The standard InChI is InChI=1S/C25H30F2O5S/c1-12-8-15-16-10-18(26)17-9-14(28)6-7-24(17,3)25(16,27)19(29)11-23(15,2)20(12)22(33)32-31-21(30)13-4-5-13/h6-7,9,12-13,15-16,18-20,29H,4-5,8,10-11H2,1-3H3/t12-,15+,16+,18+,19+,20-,23+,24+,25+/m1/s1. The number of alkyl halides is 2. The van der Waals surface area contributed by atoms with Crippen LogP contribution in [-0.2, 0) is 19.4 Å². The summed E-state index contributed by atoms with van der Waals surface area (Å²) >= 11 is 5.51. The zero-order chi connectivity index (χ0) is 23.9. The number of allylic oxidation sites excluding steroid dienone is 4. The fraction of sp³-hybridized carbons (Fsp3) is 0.720. The lowest BCUT2D eigenvalue weighted by Gasteiger charge is -2.62. The topological polar surface area (TPSA) is 72.8 Å². The molecule has 0 radical (unpaired) electrons. The van der Waals surface area contributed by atoms with E-state index < -0.39 is 40.7 Å². The summed E-state index contributed by atoms with van der Waals surface area (Å²) in [6, 6.07) is 0. The van der Waals surface area contributed by atoms with Gasteiger partial charge in [0.25, 0.3) is 0 Å². The van der Waals surface area contributed by atoms with E-state index in [1.807, 2.05) is 13.8 Å². The van der Waals surface area contributed by atoms with Crippen molar-refractivity contribution in [2.24, 2.45) is 40.4 Å². The quantitative estimate of drug-likeness (QED) is 0.359. The minimum atomic E-state index is -2.11. The van der Waals surface area contributed by atoms with Crippen LogP contribution in [0.15, 0.2) is 23.8 Å². The van der Waals surface area contributed by atoms with E-state index in [1.165, 1.54) is 18.2 Å². The average Bonchev–Trinajstić information content (AvgIpc) is 3.55. The molecule has 5 rings (SSSR count). The minimum absolute atomic E-state index is 0.0204. The molecule has 0 aromatic rings. The van der Waals surface area contributed by atoms with Crippen LogP contribution in [0, 0.1) is 40.4 Å². The van der Waals surface area contributed by atoms with Crippen molar-refractivity contribution in [3.05, 3.63) is 23.8 Å².